The monoisotopic (exact) mass is 690 g/mol. The summed E-state index contributed by atoms with van der Waals surface area (Å²) in [5.74, 6) is -0.159. The largest absolute Gasteiger partial charge is 0.481 e. The van der Waals surface area contributed by atoms with E-state index >= 15 is 0 Å². The second-order valence-electron chi connectivity index (χ2n) is 13.3. The molecule has 2 aromatic carbocycles. The normalized spacial score (nSPS) is 28.7. The SMILES string of the molecule is C#CCC1(N)CCc2ccccc21.CC(=O)Oc1ccc2c3c1O[C@H]1[C@@H](OC(C)=O)C=C[C@H]4[C@@H](C2)N(C)CC[C@@]341.O=C(O)C(O)C(O)C(=O)O. The van der Waals surface area contributed by atoms with Gasteiger partial charge < -0.3 is 45.3 Å². The molecule has 2 aliphatic heterocycles. The fraction of sp³-hybridized carbons (Fsp3) is 0.459. The van der Waals surface area contributed by atoms with Gasteiger partial charge in [-0.25, -0.2) is 9.59 Å². The van der Waals surface area contributed by atoms with Crippen molar-refractivity contribution >= 4 is 23.9 Å². The van der Waals surface area contributed by atoms with Crippen molar-refractivity contribution in [2.24, 2.45) is 11.7 Å². The molecular weight excluding hydrogens is 648 g/mol. The molecule has 266 valence electrons. The number of nitrogens with two attached hydrogens (primary N) is 1. The molecule has 8 atom stereocenters. The highest BCUT2D eigenvalue weighted by atomic mass is 16.6. The molecule has 5 aliphatic rings. The number of nitrogens with zero attached hydrogens (tertiary/aromatic N) is 1. The van der Waals surface area contributed by atoms with Crippen LogP contribution in [0.25, 0.3) is 0 Å². The second kappa shape index (κ2) is 14.2. The molecule has 3 unspecified atom stereocenters. The zero-order valence-electron chi connectivity index (χ0n) is 28.1. The summed E-state index contributed by atoms with van der Waals surface area (Å²) in [4.78, 5) is 45.2. The highest BCUT2D eigenvalue weighted by molar-refractivity contribution is 5.83. The average Bonchev–Trinajstić information content (AvgIpc) is 3.59. The average molecular weight is 691 g/mol. The number of carbonyl (C=O) groups is 4. The Hall–Kier alpha value is -4.74. The lowest BCUT2D eigenvalue weighted by molar-refractivity contribution is -0.165. The molecule has 1 spiro atoms. The summed E-state index contributed by atoms with van der Waals surface area (Å²) in [6.07, 6.45) is 8.79. The van der Waals surface area contributed by atoms with Crippen LogP contribution in [-0.2, 0) is 47.7 Å². The summed E-state index contributed by atoms with van der Waals surface area (Å²) in [7, 11) is 2.17. The molecule has 2 bridgehead atoms. The van der Waals surface area contributed by atoms with Crippen LogP contribution < -0.4 is 15.2 Å². The third-order valence-corrected chi connectivity index (χ3v) is 10.3. The first-order valence-electron chi connectivity index (χ1n) is 16.3. The Morgan fingerprint density at radius 1 is 1.02 bits per heavy atom. The molecule has 2 aromatic rings. The molecule has 0 amide bonds. The first kappa shape index (κ1) is 36.5. The minimum Gasteiger partial charge on any atom is -0.481 e. The number of terminal acetylenes is 1. The maximum absolute atomic E-state index is 11.7. The Balaban J connectivity index is 0.000000176. The summed E-state index contributed by atoms with van der Waals surface area (Å²) in [6.45, 7) is 3.77. The number of hydrogen-bond donors (Lipinski definition) is 5. The lowest BCUT2D eigenvalue weighted by Gasteiger charge is -2.56. The van der Waals surface area contributed by atoms with Crippen LogP contribution in [0, 0.1) is 18.3 Å². The van der Waals surface area contributed by atoms with E-state index in [0.717, 1.165) is 37.8 Å². The number of esters is 2. The molecule has 50 heavy (non-hydrogen) atoms. The van der Waals surface area contributed by atoms with Crippen molar-refractivity contribution in [3.8, 4) is 23.8 Å². The van der Waals surface area contributed by atoms with Crippen LogP contribution in [0.3, 0.4) is 0 Å². The smallest absolute Gasteiger partial charge is 0.335 e. The van der Waals surface area contributed by atoms with Crippen molar-refractivity contribution in [1.29, 1.82) is 0 Å². The highest BCUT2D eigenvalue weighted by Crippen LogP contribution is 2.62. The molecule has 1 fully saturated rings. The first-order valence-corrected chi connectivity index (χ1v) is 16.3. The van der Waals surface area contributed by atoms with Crippen molar-refractivity contribution in [2.45, 2.75) is 87.4 Å². The number of carboxylic acids is 2. The van der Waals surface area contributed by atoms with Gasteiger partial charge in [0.25, 0.3) is 0 Å². The number of aliphatic carboxylic acids is 2. The summed E-state index contributed by atoms with van der Waals surface area (Å²) in [6, 6.07) is 12.6. The van der Waals surface area contributed by atoms with Gasteiger partial charge in [0.15, 0.2) is 29.8 Å². The van der Waals surface area contributed by atoms with Gasteiger partial charge in [-0.05, 0) is 68.1 Å². The molecule has 0 saturated carbocycles. The number of hydrogen-bond acceptors (Lipinski definition) is 11. The van der Waals surface area contributed by atoms with Crippen LogP contribution >= 0.6 is 0 Å². The van der Waals surface area contributed by atoms with Gasteiger partial charge in [0.1, 0.15) is 6.10 Å². The number of rotatable bonds is 6. The molecule has 6 N–H and O–H groups in total. The molecule has 3 aliphatic carbocycles. The Morgan fingerprint density at radius 2 is 1.70 bits per heavy atom. The lowest BCUT2D eigenvalue weighted by Crippen LogP contribution is -2.65. The number of carboxylic acid groups (broad SMARTS) is 2. The van der Waals surface area contributed by atoms with Crippen molar-refractivity contribution in [2.75, 3.05) is 13.6 Å². The van der Waals surface area contributed by atoms with Gasteiger partial charge in [0.05, 0.1) is 5.54 Å². The van der Waals surface area contributed by atoms with Crippen LogP contribution in [0.2, 0.25) is 0 Å². The summed E-state index contributed by atoms with van der Waals surface area (Å²) in [5.41, 5.74) is 10.7. The summed E-state index contributed by atoms with van der Waals surface area (Å²) in [5, 5.41) is 32.5. The molecule has 7 rings (SSSR count). The molecular formula is C37H42N2O11. The minimum absolute atomic E-state index is 0.245. The van der Waals surface area contributed by atoms with Gasteiger partial charge in [0.2, 0.25) is 0 Å². The van der Waals surface area contributed by atoms with E-state index in [-0.39, 0.29) is 34.9 Å². The maximum atomic E-state index is 11.7. The van der Waals surface area contributed by atoms with E-state index in [4.69, 9.17) is 46.8 Å². The van der Waals surface area contributed by atoms with Crippen LogP contribution in [0.4, 0.5) is 0 Å². The molecule has 0 radical (unpaired) electrons. The molecule has 2 heterocycles. The number of fused-ring (bicyclic) bond motifs is 1. The number of ether oxygens (including phenoxy) is 3. The van der Waals surface area contributed by atoms with Crippen LogP contribution in [0.5, 0.6) is 11.5 Å². The zero-order valence-corrected chi connectivity index (χ0v) is 28.1. The molecule has 0 aromatic heterocycles. The van der Waals surface area contributed by atoms with E-state index in [1.807, 2.05) is 18.2 Å². The predicted octanol–water partition coefficient (Wildman–Crippen LogP) is 1.68. The van der Waals surface area contributed by atoms with Crippen molar-refractivity contribution in [3.63, 3.8) is 0 Å². The highest BCUT2D eigenvalue weighted by Gasteiger charge is 2.65. The van der Waals surface area contributed by atoms with Crippen LogP contribution in [-0.4, -0.2) is 93.3 Å². The summed E-state index contributed by atoms with van der Waals surface area (Å²) >= 11 is 0. The Morgan fingerprint density at radius 3 is 2.32 bits per heavy atom. The quantitative estimate of drug-likeness (QED) is 0.127. The van der Waals surface area contributed by atoms with Gasteiger partial charge in [-0.3, -0.25) is 9.59 Å². The molecule has 13 heteroatoms. The summed E-state index contributed by atoms with van der Waals surface area (Å²) < 4.78 is 17.5. The molecule has 1 saturated heterocycles. The van der Waals surface area contributed by atoms with Gasteiger partial charge in [-0.2, -0.15) is 0 Å². The zero-order chi connectivity index (χ0) is 36.5. The topological polar surface area (TPSA) is 206 Å². The van der Waals surface area contributed by atoms with E-state index < -0.39 is 30.3 Å². The number of aryl methyl sites for hydroxylation is 1. The van der Waals surface area contributed by atoms with Crippen molar-refractivity contribution < 1.29 is 53.8 Å². The number of carbonyl (C=O) groups excluding carboxylic acids is 2. The van der Waals surface area contributed by atoms with Gasteiger partial charge in [-0.1, -0.05) is 36.4 Å². The fourth-order valence-corrected chi connectivity index (χ4v) is 8.09. The van der Waals surface area contributed by atoms with Gasteiger partial charge in [0, 0.05) is 43.2 Å². The number of piperidine rings is 1. The fourth-order valence-electron chi connectivity index (χ4n) is 8.09. The van der Waals surface area contributed by atoms with Crippen molar-refractivity contribution in [1.82, 2.24) is 4.90 Å². The Labute approximate surface area is 289 Å². The van der Waals surface area contributed by atoms with E-state index in [0.29, 0.717) is 24.0 Å². The number of likely N-dealkylation sites (tertiary alicyclic amines) is 1. The minimum atomic E-state index is -2.27. The lowest BCUT2D eigenvalue weighted by atomic mass is 9.53. The Bertz CT molecular complexity index is 1730. The number of likely N-dealkylation sites (N-methyl/N-ethyl adjacent to an activating group) is 1. The van der Waals surface area contributed by atoms with Crippen LogP contribution in [0.15, 0.2) is 48.6 Å². The third kappa shape index (κ3) is 6.59. The predicted molar refractivity (Wildman–Crippen MR) is 178 cm³/mol. The standard InChI is InChI=1S/C21H23NO5.C12H13N.C4H6O6/c1-11(23)25-16-6-4-13-10-15-14-5-7-17(26-12(2)24)20-21(14,8-9-22(15)3)18(13)19(16)27-20;1-2-8-12(13)9-7-10-5-3-4-6-11(10)12;5-1(3(7)8)2(6)4(9)10/h4-7,14-15,17,20H,8-10H2,1-3H3;1,3-6H,7-9,13H2;1-2,5-6H,(H,7,8)(H,9,10)/t14-,15+,17-,20-,21-;;/m0../s1. The van der Waals surface area contributed by atoms with E-state index in [2.05, 4.69) is 48.2 Å². The number of aliphatic hydroxyl groups excluding tert-OH is 2. The Kier molecular flexibility index (Phi) is 10.4. The van der Waals surface area contributed by atoms with E-state index in [1.54, 1.807) is 0 Å². The van der Waals surface area contributed by atoms with Gasteiger partial charge >= 0.3 is 23.9 Å². The number of aliphatic hydroxyl groups is 2. The van der Waals surface area contributed by atoms with Gasteiger partial charge in [-0.15, -0.1) is 12.3 Å². The third-order valence-electron chi connectivity index (χ3n) is 10.3. The maximum Gasteiger partial charge on any atom is 0.335 e. The first-order chi connectivity index (χ1) is 23.6. The van der Waals surface area contributed by atoms with E-state index in [9.17, 15) is 19.2 Å². The van der Waals surface area contributed by atoms with Crippen LogP contribution in [0.1, 0.15) is 55.4 Å². The van der Waals surface area contributed by atoms with Crippen molar-refractivity contribution in [3.05, 3.63) is 70.8 Å². The van der Waals surface area contributed by atoms with E-state index in [1.165, 1.54) is 30.5 Å². The second-order valence-corrected chi connectivity index (χ2v) is 13.3. The number of benzene rings is 2. The molecule has 13 nitrogen and oxygen atoms in total.